The van der Waals surface area contributed by atoms with Crippen molar-refractivity contribution in [3.8, 4) is 0 Å². The van der Waals surface area contributed by atoms with Crippen LogP contribution in [0, 0.1) is 0 Å². The predicted molar refractivity (Wildman–Crippen MR) is 73.6 cm³/mol. The van der Waals surface area contributed by atoms with E-state index in [9.17, 15) is 4.79 Å². The zero-order chi connectivity index (χ0) is 13.5. The number of nitrogens with two attached hydrogens (primary N) is 1. The van der Waals surface area contributed by atoms with Crippen molar-refractivity contribution in [3.63, 3.8) is 0 Å². The van der Waals surface area contributed by atoms with Crippen LogP contribution in [0.4, 0.5) is 0 Å². The number of hydrogen-bond donors (Lipinski definition) is 1. The van der Waals surface area contributed by atoms with Crippen molar-refractivity contribution in [2.24, 2.45) is 5.73 Å². The Hall–Kier alpha value is -0.720. The van der Waals surface area contributed by atoms with E-state index in [0.717, 1.165) is 19.4 Å². The van der Waals surface area contributed by atoms with Crippen LogP contribution in [-0.2, 0) is 11.3 Å². The molecule has 0 bridgehead atoms. The summed E-state index contributed by atoms with van der Waals surface area (Å²) in [5.74, 6) is -0.0658. The van der Waals surface area contributed by atoms with E-state index in [1.165, 1.54) is 0 Å². The van der Waals surface area contributed by atoms with Gasteiger partial charge in [-0.15, -0.1) is 0 Å². The molecule has 1 atom stereocenters. The Bertz CT molecular complexity index is 393. The Kier molecular flexibility index (Phi) is 6.52. The molecule has 1 unspecified atom stereocenters. The van der Waals surface area contributed by atoms with Crippen LogP contribution in [0.25, 0.3) is 0 Å². The predicted octanol–water partition coefficient (Wildman–Crippen LogP) is 1.99. The highest BCUT2D eigenvalue weighted by molar-refractivity contribution is 9.10. The van der Waals surface area contributed by atoms with Gasteiger partial charge in [0.05, 0.1) is 16.7 Å². The third-order valence-corrected chi connectivity index (χ3v) is 3.24. The van der Waals surface area contributed by atoms with Gasteiger partial charge in [-0.05, 0) is 35.2 Å². The highest BCUT2D eigenvalue weighted by Crippen LogP contribution is 2.19. The number of carbonyl (C=O) groups is 1. The fourth-order valence-corrected chi connectivity index (χ4v) is 2.23. The molecule has 0 fully saturated rings. The maximum Gasteiger partial charge on any atom is 0.198 e. The zero-order valence-electron chi connectivity index (χ0n) is 10.9. The molecule has 0 aliphatic rings. The second-order valence-corrected chi connectivity index (χ2v) is 5.02. The summed E-state index contributed by atoms with van der Waals surface area (Å²) >= 11 is 3.35. The van der Waals surface area contributed by atoms with Crippen LogP contribution in [0.15, 0.2) is 10.7 Å². The van der Waals surface area contributed by atoms with Gasteiger partial charge in [0.25, 0.3) is 0 Å². The summed E-state index contributed by atoms with van der Waals surface area (Å²) in [6.45, 7) is 3.39. The summed E-state index contributed by atoms with van der Waals surface area (Å²) in [6.07, 6.45) is 3.97. The van der Waals surface area contributed by atoms with Gasteiger partial charge in [-0.3, -0.25) is 9.48 Å². The van der Waals surface area contributed by atoms with Crippen LogP contribution in [0.5, 0.6) is 0 Å². The Balaban J connectivity index is 2.73. The monoisotopic (exact) mass is 317 g/mol. The fourth-order valence-electron chi connectivity index (χ4n) is 1.74. The number of carbonyl (C=O) groups excluding carboxylic acids is 1. The van der Waals surface area contributed by atoms with E-state index in [4.69, 9.17) is 10.5 Å². The van der Waals surface area contributed by atoms with Gasteiger partial charge in [0.15, 0.2) is 5.78 Å². The van der Waals surface area contributed by atoms with E-state index < -0.39 is 6.04 Å². The Morgan fingerprint density at radius 3 is 3.00 bits per heavy atom. The van der Waals surface area contributed by atoms with Crippen LogP contribution >= 0.6 is 15.9 Å². The summed E-state index contributed by atoms with van der Waals surface area (Å²) in [5.41, 5.74) is 6.49. The average Bonchev–Trinajstić information content (AvgIpc) is 2.70. The Labute approximate surface area is 116 Å². The molecular weight excluding hydrogens is 298 g/mol. The number of aromatic nitrogens is 2. The lowest BCUT2D eigenvalue weighted by Gasteiger charge is -2.12. The molecule has 0 spiro atoms. The molecule has 102 valence electrons. The number of ether oxygens (including phenoxy) is 1. The molecule has 6 heteroatoms. The van der Waals surface area contributed by atoms with Crippen molar-refractivity contribution in [3.05, 3.63) is 16.4 Å². The minimum Gasteiger partial charge on any atom is -0.385 e. The molecule has 18 heavy (non-hydrogen) atoms. The van der Waals surface area contributed by atoms with Crippen LogP contribution in [-0.4, -0.2) is 35.3 Å². The number of hydrogen-bond acceptors (Lipinski definition) is 4. The summed E-state index contributed by atoms with van der Waals surface area (Å²) in [6, 6.07) is -0.497. The highest BCUT2D eigenvalue weighted by atomic mass is 79.9. The molecule has 0 aliphatic heterocycles. The molecule has 0 amide bonds. The largest absolute Gasteiger partial charge is 0.385 e. The van der Waals surface area contributed by atoms with E-state index >= 15 is 0 Å². The molecule has 0 saturated heterocycles. The topological polar surface area (TPSA) is 70.1 Å². The van der Waals surface area contributed by atoms with Gasteiger partial charge in [-0.2, -0.15) is 5.10 Å². The van der Waals surface area contributed by atoms with Crippen molar-refractivity contribution in [2.75, 3.05) is 13.7 Å². The lowest BCUT2D eigenvalue weighted by Crippen LogP contribution is -2.32. The number of halogens is 1. The van der Waals surface area contributed by atoms with Gasteiger partial charge in [-0.1, -0.05) is 6.92 Å². The highest BCUT2D eigenvalue weighted by Gasteiger charge is 2.22. The smallest absolute Gasteiger partial charge is 0.198 e. The summed E-state index contributed by atoms with van der Waals surface area (Å²) in [5, 5.41) is 4.17. The van der Waals surface area contributed by atoms with Gasteiger partial charge >= 0.3 is 0 Å². The number of aryl methyl sites for hydroxylation is 1. The lowest BCUT2D eigenvalue weighted by atomic mass is 10.1. The van der Waals surface area contributed by atoms with Crippen LogP contribution in [0.2, 0.25) is 0 Å². The number of methoxy groups -OCH3 is 1. The van der Waals surface area contributed by atoms with Crippen molar-refractivity contribution >= 4 is 21.7 Å². The third-order valence-electron chi connectivity index (χ3n) is 2.66. The van der Waals surface area contributed by atoms with Gasteiger partial charge in [0.1, 0.15) is 5.69 Å². The van der Waals surface area contributed by atoms with Crippen LogP contribution in [0.3, 0.4) is 0 Å². The van der Waals surface area contributed by atoms with E-state index in [-0.39, 0.29) is 5.78 Å². The van der Waals surface area contributed by atoms with E-state index in [1.54, 1.807) is 18.0 Å². The summed E-state index contributed by atoms with van der Waals surface area (Å²) in [7, 11) is 1.64. The molecule has 2 N–H and O–H groups in total. The zero-order valence-corrected chi connectivity index (χ0v) is 12.4. The molecule has 1 heterocycles. The fraction of sp³-hybridized carbons (Fsp3) is 0.667. The van der Waals surface area contributed by atoms with E-state index in [0.29, 0.717) is 23.2 Å². The van der Waals surface area contributed by atoms with E-state index in [2.05, 4.69) is 21.0 Å². The number of rotatable bonds is 8. The molecule has 0 aliphatic carbocycles. The summed E-state index contributed by atoms with van der Waals surface area (Å²) in [4.78, 5) is 12.3. The van der Waals surface area contributed by atoms with Crippen LogP contribution < -0.4 is 5.73 Å². The Morgan fingerprint density at radius 2 is 2.39 bits per heavy atom. The van der Waals surface area contributed by atoms with Crippen molar-refractivity contribution < 1.29 is 9.53 Å². The first-order valence-corrected chi connectivity index (χ1v) is 6.91. The lowest BCUT2D eigenvalue weighted by molar-refractivity contribution is 0.0938. The molecule has 0 radical (unpaired) electrons. The SMILES string of the molecule is CCCn1ncc(Br)c1C(=O)C(N)CCCOC. The first kappa shape index (κ1) is 15.3. The second kappa shape index (κ2) is 7.66. The Morgan fingerprint density at radius 1 is 1.67 bits per heavy atom. The minimum atomic E-state index is -0.497. The molecular formula is C12H20BrN3O2. The maximum absolute atomic E-state index is 12.3. The van der Waals surface area contributed by atoms with Crippen molar-refractivity contribution in [1.29, 1.82) is 0 Å². The van der Waals surface area contributed by atoms with Gasteiger partial charge in [0, 0.05) is 20.3 Å². The molecule has 0 saturated carbocycles. The second-order valence-electron chi connectivity index (χ2n) is 4.17. The quantitative estimate of drug-likeness (QED) is 0.588. The third kappa shape index (κ3) is 3.90. The number of nitrogens with zero attached hydrogens (tertiary/aromatic N) is 2. The van der Waals surface area contributed by atoms with Gasteiger partial charge in [0.2, 0.25) is 0 Å². The minimum absolute atomic E-state index is 0.0658. The van der Waals surface area contributed by atoms with Crippen molar-refractivity contribution in [1.82, 2.24) is 9.78 Å². The molecule has 1 rings (SSSR count). The molecule has 0 aromatic carbocycles. The number of ketones is 1. The van der Waals surface area contributed by atoms with Gasteiger partial charge in [-0.25, -0.2) is 0 Å². The maximum atomic E-state index is 12.3. The first-order chi connectivity index (χ1) is 8.61. The van der Waals surface area contributed by atoms with Gasteiger partial charge < -0.3 is 10.5 Å². The number of Topliss-reactive ketones (excluding diaryl/α,β-unsaturated/α-hetero) is 1. The summed E-state index contributed by atoms with van der Waals surface area (Å²) < 4.78 is 7.38. The van der Waals surface area contributed by atoms with Crippen LogP contribution in [0.1, 0.15) is 36.7 Å². The normalized spacial score (nSPS) is 12.7. The van der Waals surface area contributed by atoms with Crippen molar-refractivity contribution in [2.45, 2.75) is 38.8 Å². The first-order valence-electron chi connectivity index (χ1n) is 6.11. The van der Waals surface area contributed by atoms with E-state index in [1.807, 2.05) is 6.92 Å². The molecule has 1 aromatic heterocycles. The standard InChI is InChI=1S/C12H20BrN3O2/c1-3-6-16-11(9(13)8-15-16)12(17)10(14)5-4-7-18-2/h8,10H,3-7,14H2,1-2H3. The molecule has 1 aromatic rings. The molecule has 5 nitrogen and oxygen atoms in total. The average molecular weight is 318 g/mol.